The van der Waals surface area contributed by atoms with Gasteiger partial charge in [-0.3, -0.25) is 14.5 Å². The summed E-state index contributed by atoms with van der Waals surface area (Å²) in [6.07, 6.45) is 5.00. The number of hydrogen-bond donors (Lipinski definition) is 0. The van der Waals surface area contributed by atoms with Crippen molar-refractivity contribution < 1.29 is 4.79 Å². The van der Waals surface area contributed by atoms with Gasteiger partial charge in [0.15, 0.2) is 0 Å². The minimum atomic E-state index is 0.343. The topological polar surface area (TPSA) is 47.8 Å². The molecule has 0 radical (unpaired) electrons. The molecule has 1 aromatic carbocycles. The van der Waals surface area contributed by atoms with Gasteiger partial charge in [0.1, 0.15) is 11.5 Å². The van der Waals surface area contributed by atoms with Gasteiger partial charge in [-0.1, -0.05) is 0 Å². The average Bonchev–Trinajstić information content (AvgIpc) is 2.72. The van der Waals surface area contributed by atoms with Crippen molar-refractivity contribution in [3.05, 3.63) is 47.3 Å². The highest BCUT2D eigenvalue weighted by Gasteiger charge is 2.18. The monoisotopic (exact) mass is 305 g/mol. The van der Waals surface area contributed by atoms with E-state index < -0.39 is 0 Å². The van der Waals surface area contributed by atoms with Gasteiger partial charge in [-0.25, -0.2) is 0 Å². The van der Waals surface area contributed by atoms with E-state index in [9.17, 15) is 4.79 Å². The SMILES string of the molecule is Cc1cc(-c2nn(C)c3cc4c(cc23)CCCC(=O)C4)ccn1. The first-order valence-electron chi connectivity index (χ1n) is 8.05. The van der Waals surface area contributed by atoms with Crippen LogP contribution in [0, 0.1) is 6.92 Å². The lowest BCUT2D eigenvalue weighted by Gasteiger charge is -2.06. The molecule has 1 aliphatic carbocycles. The maximum atomic E-state index is 11.9. The highest BCUT2D eigenvalue weighted by Crippen LogP contribution is 2.32. The summed E-state index contributed by atoms with van der Waals surface area (Å²) in [6.45, 7) is 1.99. The molecule has 0 aliphatic heterocycles. The Kier molecular flexibility index (Phi) is 3.26. The first-order valence-corrected chi connectivity index (χ1v) is 8.05. The summed E-state index contributed by atoms with van der Waals surface area (Å²) in [7, 11) is 1.96. The number of aryl methyl sites for hydroxylation is 3. The molecule has 4 nitrogen and oxygen atoms in total. The largest absolute Gasteiger partial charge is 0.299 e. The quantitative estimate of drug-likeness (QED) is 0.647. The molecule has 4 rings (SSSR count). The number of nitrogens with zero attached hydrogens (tertiary/aromatic N) is 3. The molecule has 0 saturated carbocycles. The Balaban J connectivity index is 1.94. The molecule has 0 fully saturated rings. The Morgan fingerprint density at radius 2 is 2.00 bits per heavy atom. The van der Waals surface area contributed by atoms with Crippen molar-refractivity contribution in [2.24, 2.45) is 7.05 Å². The molecule has 0 atom stereocenters. The van der Waals surface area contributed by atoms with Crippen molar-refractivity contribution in [1.29, 1.82) is 0 Å². The number of hydrogen-bond acceptors (Lipinski definition) is 3. The van der Waals surface area contributed by atoms with Gasteiger partial charge in [0.2, 0.25) is 0 Å². The van der Waals surface area contributed by atoms with Crippen LogP contribution in [0.4, 0.5) is 0 Å². The Bertz CT molecular complexity index is 924. The zero-order valence-corrected chi connectivity index (χ0v) is 13.5. The van der Waals surface area contributed by atoms with Crippen LogP contribution in [-0.2, 0) is 24.7 Å². The van der Waals surface area contributed by atoms with Crippen molar-refractivity contribution in [3.63, 3.8) is 0 Å². The van der Waals surface area contributed by atoms with E-state index in [-0.39, 0.29) is 0 Å². The number of benzene rings is 1. The van der Waals surface area contributed by atoms with Crippen molar-refractivity contribution in [1.82, 2.24) is 14.8 Å². The Morgan fingerprint density at radius 3 is 2.83 bits per heavy atom. The van der Waals surface area contributed by atoms with E-state index in [1.54, 1.807) is 0 Å². The molecule has 4 heteroatoms. The van der Waals surface area contributed by atoms with E-state index in [4.69, 9.17) is 5.10 Å². The molecule has 116 valence electrons. The molecular formula is C19H19N3O. The maximum Gasteiger partial charge on any atom is 0.137 e. The first kappa shape index (κ1) is 14.1. The van der Waals surface area contributed by atoms with Gasteiger partial charge in [0.05, 0.1) is 5.52 Å². The molecule has 2 heterocycles. The molecule has 1 aliphatic rings. The van der Waals surface area contributed by atoms with Crippen LogP contribution in [0.25, 0.3) is 22.2 Å². The highest BCUT2D eigenvalue weighted by atomic mass is 16.1. The lowest BCUT2D eigenvalue weighted by molar-refractivity contribution is -0.118. The number of rotatable bonds is 1. The molecule has 0 spiro atoms. The number of carbonyl (C=O) groups excluding carboxylic acids is 1. The fraction of sp³-hybridized carbons (Fsp3) is 0.316. The predicted octanol–water partition coefficient (Wildman–Crippen LogP) is 3.39. The predicted molar refractivity (Wildman–Crippen MR) is 90.3 cm³/mol. The summed E-state index contributed by atoms with van der Waals surface area (Å²) in [6, 6.07) is 8.46. The smallest absolute Gasteiger partial charge is 0.137 e. The van der Waals surface area contributed by atoms with Crippen LogP contribution in [0.5, 0.6) is 0 Å². The summed E-state index contributed by atoms with van der Waals surface area (Å²) in [5, 5.41) is 5.88. The van der Waals surface area contributed by atoms with E-state index >= 15 is 0 Å². The lowest BCUT2D eigenvalue weighted by atomic mass is 9.98. The number of fused-ring (bicyclic) bond motifs is 2. The van der Waals surface area contributed by atoms with Crippen LogP contribution in [0.1, 0.15) is 29.7 Å². The van der Waals surface area contributed by atoms with Crippen molar-refractivity contribution in [3.8, 4) is 11.3 Å². The third-order valence-electron chi connectivity index (χ3n) is 4.63. The van der Waals surface area contributed by atoms with E-state index in [2.05, 4.69) is 23.2 Å². The van der Waals surface area contributed by atoms with Gasteiger partial charge >= 0.3 is 0 Å². The number of pyridine rings is 1. The second kappa shape index (κ2) is 5.30. The highest BCUT2D eigenvalue weighted by molar-refractivity contribution is 5.95. The fourth-order valence-corrected chi connectivity index (χ4v) is 3.47. The Hall–Kier alpha value is -2.49. The normalized spacial score (nSPS) is 14.8. The van der Waals surface area contributed by atoms with E-state index in [1.165, 1.54) is 11.1 Å². The molecule has 0 amide bonds. The number of aromatic nitrogens is 3. The fourth-order valence-electron chi connectivity index (χ4n) is 3.47. The van der Waals surface area contributed by atoms with E-state index in [1.807, 2.05) is 30.9 Å². The number of ketones is 1. The summed E-state index contributed by atoms with van der Waals surface area (Å²) >= 11 is 0. The molecule has 0 bridgehead atoms. The van der Waals surface area contributed by atoms with Gasteiger partial charge in [0.25, 0.3) is 0 Å². The third-order valence-corrected chi connectivity index (χ3v) is 4.63. The zero-order chi connectivity index (χ0) is 16.0. The molecule has 0 N–H and O–H groups in total. The average molecular weight is 305 g/mol. The van der Waals surface area contributed by atoms with Crippen molar-refractivity contribution in [2.75, 3.05) is 0 Å². The van der Waals surface area contributed by atoms with Crippen LogP contribution >= 0.6 is 0 Å². The molecule has 2 aromatic heterocycles. The minimum absolute atomic E-state index is 0.343. The maximum absolute atomic E-state index is 11.9. The molecule has 23 heavy (non-hydrogen) atoms. The van der Waals surface area contributed by atoms with Crippen LogP contribution in [0.3, 0.4) is 0 Å². The summed E-state index contributed by atoms with van der Waals surface area (Å²) in [5.41, 5.74) is 6.62. The summed E-state index contributed by atoms with van der Waals surface area (Å²) in [5.74, 6) is 0.343. The van der Waals surface area contributed by atoms with E-state index in [0.29, 0.717) is 18.6 Å². The molecule has 0 saturated heterocycles. The van der Waals surface area contributed by atoms with Crippen LogP contribution < -0.4 is 0 Å². The molecule has 0 unspecified atom stereocenters. The zero-order valence-electron chi connectivity index (χ0n) is 13.5. The van der Waals surface area contributed by atoms with Crippen molar-refractivity contribution in [2.45, 2.75) is 32.6 Å². The van der Waals surface area contributed by atoms with Gasteiger partial charge < -0.3 is 0 Å². The second-order valence-electron chi connectivity index (χ2n) is 6.37. The lowest BCUT2D eigenvalue weighted by Crippen LogP contribution is -2.00. The van der Waals surface area contributed by atoms with Crippen LogP contribution in [-0.4, -0.2) is 20.5 Å². The number of carbonyl (C=O) groups is 1. The summed E-state index contributed by atoms with van der Waals surface area (Å²) in [4.78, 5) is 16.2. The van der Waals surface area contributed by atoms with Crippen molar-refractivity contribution >= 4 is 16.7 Å². The van der Waals surface area contributed by atoms with Crippen LogP contribution in [0.2, 0.25) is 0 Å². The summed E-state index contributed by atoms with van der Waals surface area (Å²) < 4.78 is 1.91. The first-order chi connectivity index (χ1) is 11.1. The molecular weight excluding hydrogens is 286 g/mol. The van der Waals surface area contributed by atoms with Gasteiger partial charge in [-0.15, -0.1) is 0 Å². The molecule has 3 aromatic rings. The minimum Gasteiger partial charge on any atom is -0.299 e. The van der Waals surface area contributed by atoms with Crippen LogP contribution in [0.15, 0.2) is 30.5 Å². The number of Topliss-reactive ketones (excluding diaryl/α,β-unsaturated/α-hetero) is 1. The van der Waals surface area contributed by atoms with Gasteiger partial charge in [-0.05, 0) is 55.2 Å². The Morgan fingerprint density at radius 1 is 1.13 bits per heavy atom. The standard InChI is InChI=1S/C19H19N3O/c1-12-8-14(6-7-20-12)19-17-10-13-4-3-5-16(23)9-15(13)11-18(17)22(2)21-19/h6-8,10-11H,3-5,9H2,1-2H3. The van der Waals surface area contributed by atoms with E-state index in [0.717, 1.165) is 40.7 Å². The third kappa shape index (κ3) is 2.44. The Labute approximate surface area is 135 Å². The second-order valence-corrected chi connectivity index (χ2v) is 6.37. The van der Waals surface area contributed by atoms with Gasteiger partial charge in [0, 0.05) is 42.7 Å². The van der Waals surface area contributed by atoms with Gasteiger partial charge in [-0.2, -0.15) is 5.10 Å².